The fourth-order valence-electron chi connectivity index (χ4n) is 4.65. The van der Waals surface area contributed by atoms with Crippen LogP contribution in [0.15, 0.2) is 71.7 Å². The predicted molar refractivity (Wildman–Crippen MR) is 156 cm³/mol. The number of rotatable bonds is 10. The second-order valence-corrected chi connectivity index (χ2v) is 11.3. The Morgan fingerprint density at radius 1 is 1.11 bits per heavy atom. The summed E-state index contributed by atoms with van der Waals surface area (Å²) < 4.78 is 35.6. The number of nitrogen functional groups attached to an aromatic ring is 1. The van der Waals surface area contributed by atoms with E-state index < -0.39 is 10.0 Å². The van der Waals surface area contributed by atoms with E-state index in [4.69, 9.17) is 27.7 Å². The largest absolute Gasteiger partial charge is 0.497 e. The van der Waals surface area contributed by atoms with Crippen molar-refractivity contribution in [2.45, 2.75) is 32.2 Å². The number of aryl methyl sites for hydroxylation is 1. The van der Waals surface area contributed by atoms with Gasteiger partial charge in [-0.3, -0.25) is 0 Å². The van der Waals surface area contributed by atoms with Crippen molar-refractivity contribution < 1.29 is 13.2 Å². The average Bonchev–Trinajstić information content (AvgIpc) is 3.28. The zero-order chi connectivity index (χ0) is 26.7. The van der Waals surface area contributed by atoms with Crippen molar-refractivity contribution in [2.24, 2.45) is 0 Å². The number of hydrogen-bond acceptors (Lipinski definition) is 7. The molecule has 4 aromatic rings. The molecule has 1 aliphatic rings. The molecule has 2 aromatic heterocycles. The van der Waals surface area contributed by atoms with Crippen LogP contribution in [0.25, 0.3) is 21.9 Å². The Morgan fingerprint density at radius 3 is 2.66 bits per heavy atom. The number of ether oxygens (including phenoxy) is 1. The third kappa shape index (κ3) is 5.33. The van der Waals surface area contributed by atoms with Gasteiger partial charge in [0.2, 0.25) is 10.0 Å². The normalized spacial score (nSPS) is 13.8. The van der Waals surface area contributed by atoms with Crippen molar-refractivity contribution in [2.75, 3.05) is 19.4 Å². The second-order valence-electron chi connectivity index (χ2n) is 9.11. The van der Waals surface area contributed by atoms with Crippen molar-refractivity contribution in [1.82, 2.24) is 19.3 Å². The van der Waals surface area contributed by atoms with Gasteiger partial charge in [-0.15, -0.1) is 0 Å². The lowest BCUT2D eigenvalue weighted by Gasteiger charge is -2.13. The molecule has 0 radical (unpaired) electrons. The molecule has 0 spiro atoms. The van der Waals surface area contributed by atoms with E-state index in [1.54, 1.807) is 19.3 Å². The number of sulfonamides is 1. The monoisotopic (exact) mass is 547 g/mol. The van der Waals surface area contributed by atoms with E-state index in [9.17, 15) is 8.42 Å². The number of benzene rings is 2. The van der Waals surface area contributed by atoms with E-state index in [0.29, 0.717) is 48.6 Å². The summed E-state index contributed by atoms with van der Waals surface area (Å²) in [5, 5.41) is 0.983. The molecule has 1 aliphatic carbocycles. The number of imidazole rings is 1. The molecule has 0 bridgehead atoms. The smallest absolute Gasteiger partial charge is 0.241 e. The number of hydrogen-bond donors (Lipinski definition) is 2. The molecule has 0 fully saturated rings. The molecular weight excluding hydrogens is 518 g/mol. The predicted octanol–water partition coefficient (Wildman–Crippen LogP) is 4.68. The van der Waals surface area contributed by atoms with Crippen molar-refractivity contribution in [3.05, 3.63) is 83.1 Å². The number of nitrogens with two attached hydrogens (primary N) is 1. The fraction of sp³-hybridized carbons (Fsp3) is 0.250. The van der Waals surface area contributed by atoms with E-state index >= 15 is 0 Å². The summed E-state index contributed by atoms with van der Waals surface area (Å²) in [5.74, 6) is 2.07. The topological polar surface area (TPSA) is 112 Å². The molecule has 0 atom stereocenters. The number of pyridine rings is 1. The summed E-state index contributed by atoms with van der Waals surface area (Å²) in [6, 6.07) is 15.8. The minimum Gasteiger partial charge on any atom is -0.497 e. The zero-order valence-corrected chi connectivity index (χ0v) is 22.7. The first kappa shape index (κ1) is 26.0. The van der Waals surface area contributed by atoms with Gasteiger partial charge in [-0.25, -0.2) is 23.1 Å². The molecule has 196 valence electrons. The van der Waals surface area contributed by atoms with Crippen molar-refractivity contribution in [1.29, 1.82) is 0 Å². The second kappa shape index (κ2) is 11.0. The number of unbranched alkanes of at least 4 members (excludes halogenated alkanes) is 1. The molecule has 2 aromatic carbocycles. The van der Waals surface area contributed by atoms with Gasteiger partial charge in [-0.1, -0.05) is 54.7 Å². The maximum Gasteiger partial charge on any atom is 0.241 e. The lowest BCUT2D eigenvalue weighted by atomic mass is 10.1. The number of anilines is 1. The van der Waals surface area contributed by atoms with Crippen molar-refractivity contribution >= 4 is 54.9 Å². The van der Waals surface area contributed by atoms with Gasteiger partial charge in [-0.05, 0) is 42.7 Å². The number of allylic oxidation sites excluding steroid dienone is 4. The summed E-state index contributed by atoms with van der Waals surface area (Å²) in [6.45, 7) is 0.970. The fourth-order valence-corrected chi connectivity index (χ4v) is 6.35. The van der Waals surface area contributed by atoms with Gasteiger partial charge in [0.15, 0.2) is 5.82 Å². The lowest BCUT2D eigenvalue weighted by Crippen LogP contribution is -2.29. The highest BCUT2D eigenvalue weighted by Crippen LogP contribution is 2.30. The zero-order valence-electron chi connectivity index (χ0n) is 21.1. The van der Waals surface area contributed by atoms with Crippen LogP contribution < -0.4 is 15.2 Å². The van der Waals surface area contributed by atoms with Crippen molar-refractivity contribution in [3.8, 4) is 5.75 Å². The van der Waals surface area contributed by atoms with Gasteiger partial charge in [0.1, 0.15) is 17.1 Å². The molecule has 0 amide bonds. The van der Waals surface area contributed by atoms with Gasteiger partial charge in [-0.2, -0.15) is 0 Å². The van der Waals surface area contributed by atoms with Crippen LogP contribution in [0, 0.1) is 0 Å². The summed E-state index contributed by atoms with van der Waals surface area (Å²) in [6.07, 6.45) is 7.60. The minimum atomic E-state index is -3.63. The van der Waals surface area contributed by atoms with Gasteiger partial charge in [0, 0.05) is 36.2 Å². The molecule has 0 aliphatic heterocycles. The summed E-state index contributed by atoms with van der Waals surface area (Å²) in [4.78, 5) is 10.1. The molecular formula is C28H29N5O3S2. The quantitative estimate of drug-likeness (QED) is 0.219. The van der Waals surface area contributed by atoms with E-state index in [-0.39, 0.29) is 4.91 Å². The number of methoxy groups -OCH3 is 1. The highest BCUT2D eigenvalue weighted by molar-refractivity contribution is 7.96. The molecule has 0 unspecified atom stereocenters. The standard InChI is InChI=1S/C28H29N5O3S2/c1-36-20-14-12-19(13-15-20)18-25-32-26-27(21-8-2-3-9-22(21)31-28(26)29)33(25)17-7-6-16-30-38(34,35)24-11-5-4-10-23(24)37/h2-5,8-9,11-15,30H,6-7,10,16-18H2,1H3,(H2,29,31). The van der Waals surface area contributed by atoms with Crippen LogP contribution in [0.4, 0.5) is 5.82 Å². The number of fused-ring (bicyclic) bond motifs is 3. The summed E-state index contributed by atoms with van der Waals surface area (Å²) in [7, 11) is -1.98. The Morgan fingerprint density at radius 2 is 1.89 bits per heavy atom. The first-order chi connectivity index (χ1) is 18.4. The van der Waals surface area contributed by atoms with Crippen molar-refractivity contribution in [3.63, 3.8) is 0 Å². The molecule has 10 heteroatoms. The third-order valence-corrected chi connectivity index (χ3v) is 8.62. The molecule has 5 rings (SSSR count). The Balaban J connectivity index is 1.39. The summed E-state index contributed by atoms with van der Waals surface area (Å²) >= 11 is 5.24. The van der Waals surface area contributed by atoms with E-state index in [0.717, 1.165) is 40.0 Å². The highest BCUT2D eigenvalue weighted by Gasteiger charge is 2.22. The van der Waals surface area contributed by atoms with Crippen LogP contribution in [-0.4, -0.2) is 41.5 Å². The van der Waals surface area contributed by atoms with E-state index in [1.165, 1.54) is 0 Å². The van der Waals surface area contributed by atoms with Crippen LogP contribution in [0.3, 0.4) is 0 Å². The van der Waals surface area contributed by atoms with Gasteiger partial charge >= 0.3 is 0 Å². The lowest BCUT2D eigenvalue weighted by molar-refractivity contribution is 0.414. The first-order valence-electron chi connectivity index (χ1n) is 12.4. The van der Waals surface area contributed by atoms with Crippen LogP contribution in [0.1, 0.15) is 30.7 Å². The van der Waals surface area contributed by atoms with E-state index in [1.807, 2.05) is 54.6 Å². The first-order valence-corrected chi connectivity index (χ1v) is 14.3. The molecule has 0 saturated heterocycles. The maximum absolute atomic E-state index is 12.7. The maximum atomic E-state index is 12.7. The number of thiocarbonyl (C=S) groups is 1. The van der Waals surface area contributed by atoms with Gasteiger partial charge < -0.3 is 15.0 Å². The summed E-state index contributed by atoms with van der Waals surface area (Å²) in [5.41, 5.74) is 9.87. The molecule has 0 saturated carbocycles. The third-order valence-electron chi connectivity index (χ3n) is 6.56. The molecule has 38 heavy (non-hydrogen) atoms. The number of aromatic nitrogens is 3. The van der Waals surface area contributed by atoms with Crippen LogP contribution in [-0.2, 0) is 23.0 Å². The van der Waals surface area contributed by atoms with Crippen LogP contribution in [0.5, 0.6) is 5.75 Å². The van der Waals surface area contributed by atoms with Gasteiger partial charge in [0.25, 0.3) is 0 Å². The Bertz CT molecular complexity index is 1670. The number of nitrogens with zero attached hydrogens (tertiary/aromatic N) is 3. The highest BCUT2D eigenvalue weighted by atomic mass is 32.2. The Kier molecular flexibility index (Phi) is 7.55. The molecule has 8 nitrogen and oxygen atoms in total. The average molecular weight is 548 g/mol. The van der Waals surface area contributed by atoms with Gasteiger partial charge in [0.05, 0.1) is 23.0 Å². The van der Waals surface area contributed by atoms with Crippen LogP contribution >= 0.6 is 12.2 Å². The Hall–Kier alpha value is -3.60. The molecule has 2 heterocycles. The van der Waals surface area contributed by atoms with E-state index in [2.05, 4.69) is 14.3 Å². The minimum absolute atomic E-state index is 0.187. The SMILES string of the molecule is COc1ccc(Cc2nc3c(N)nc4ccccc4c3n2CCCCNS(=O)(=O)C2=CC=CCC2=S)cc1. The molecule has 3 N–H and O–H groups in total. The number of nitrogens with one attached hydrogen (secondary N) is 1. The van der Waals surface area contributed by atoms with Crippen LogP contribution in [0.2, 0.25) is 0 Å². The Labute approximate surface area is 227 Å². The number of para-hydroxylation sites is 1.